The van der Waals surface area contributed by atoms with Gasteiger partial charge in [0.25, 0.3) is 0 Å². The maximum Gasteiger partial charge on any atom is 0.189 e. The van der Waals surface area contributed by atoms with Crippen molar-refractivity contribution in [1.29, 1.82) is 5.26 Å². The molecule has 0 spiro atoms. The Morgan fingerprint density at radius 2 is 1.89 bits per heavy atom. The van der Waals surface area contributed by atoms with E-state index >= 15 is 0 Å². The Kier molecular flexibility index (Phi) is 6.63. The van der Waals surface area contributed by atoms with Gasteiger partial charge in [0, 0.05) is 36.5 Å². The smallest absolute Gasteiger partial charge is 0.189 e. The summed E-state index contributed by atoms with van der Waals surface area (Å²) in [6, 6.07) is 11.4. The van der Waals surface area contributed by atoms with Gasteiger partial charge in [-0.2, -0.15) is 15.5 Å². The van der Waals surface area contributed by atoms with E-state index in [9.17, 15) is 0 Å². The Morgan fingerprint density at radius 1 is 1.14 bits per heavy atom. The highest BCUT2D eigenvalue weighted by Gasteiger charge is 2.27. The monoisotopic (exact) mass is 498 g/mol. The van der Waals surface area contributed by atoms with Crippen molar-refractivity contribution in [1.82, 2.24) is 29.5 Å². The molecule has 3 aromatic heterocycles. The first-order valence-electron chi connectivity index (χ1n) is 12.3. The van der Waals surface area contributed by atoms with Crippen molar-refractivity contribution in [3.05, 3.63) is 59.2 Å². The second kappa shape index (κ2) is 10.0. The summed E-state index contributed by atoms with van der Waals surface area (Å²) in [6.07, 6.45) is 3.82. The molecule has 1 fully saturated rings. The zero-order valence-corrected chi connectivity index (χ0v) is 21.7. The van der Waals surface area contributed by atoms with E-state index in [1.807, 2.05) is 48.3 Å². The first kappa shape index (κ1) is 24.5. The molecule has 1 N–H and O–H groups in total. The quantitative estimate of drug-likeness (QED) is 0.347. The Balaban J connectivity index is 1.53. The fraction of sp³-hybridized carbons (Fsp3) is 0.370. The number of hydrogen-bond donors (Lipinski definition) is 1. The summed E-state index contributed by atoms with van der Waals surface area (Å²) in [5, 5.41) is 22.2. The van der Waals surface area contributed by atoms with E-state index in [2.05, 4.69) is 21.4 Å². The minimum Gasteiger partial charge on any atom is -0.491 e. The molecule has 1 aromatic carbocycles. The van der Waals surface area contributed by atoms with E-state index in [-0.39, 0.29) is 6.10 Å². The number of aromatic nitrogens is 6. The van der Waals surface area contributed by atoms with Crippen LogP contribution in [0.4, 0.5) is 11.6 Å². The number of nitriles is 1. The largest absolute Gasteiger partial charge is 0.491 e. The van der Waals surface area contributed by atoms with Crippen LogP contribution in [-0.2, 0) is 11.3 Å². The van der Waals surface area contributed by atoms with Gasteiger partial charge in [-0.1, -0.05) is 12.1 Å². The fourth-order valence-corrected chi connectivity index (χ4v) is 4.57. The number of ether oxygens (including phenoxy) is 2. The van der Waals surface area contributed by atoms with Gasteiger partial charge in [0.05, 0.1) is 30.5 Å². The lowest BCUT2D eigenvalue weighted by molar-refractivity contribution is 0.118. The van der Waals surface area contributed by atoms with Crippen LogP contribution in [0.5, 0.6) is 5.75 Å². The second-order valence-corrected chi connectivity index (χ2v) is 9.31. The van der Waals surface area contributed by atoms with Crippen molar-refractivity contribution in [3.63, 3.8) is 0 Å². The van der Waals surface area contributed by atoms with Gasteiger partial charge in [0.15, 0.2) is 17.4 Å². The molecule has 1 aliphatic carbocycles. The fourth-order valence-electron chi connectivity index (χ4n) is 4.57. The van der Waals surface area contributed by atoms with Gasteiger partial charge >= 0.3 is 0 Å². The summed E-state index contributed by atoms with van der Waals surface area (Å²) in [6.45, 7) is 6.77. The van der Waals surface area contributed by atoms with Crippen molar-refractivity contribution >= 4 is 11.6 Å². The third kappa shape index (κ3) is 4.78. The molecule has 1 aliphatic rings. The number of rotatable bonds is 9. The number of anilines is 2. The summed E-state index contributed by atoms with van der Waals surface area (Å²) in [5.41, 5.74) is 5.10. The van der Waals surface area contributed by atoms with Gasteiger partial charge in [-0.3, -0.25) is 0 Å². The first-order chi connectivity index (χ1) is 17.9. The molecule has 4 aromatic rings. The van der Waals surface area contributed by atoms with E-state index in [1.54, 1.807) is 26.4 Å². The van der Waals surface area contributed by atoms with Gasteiger partial charge < -0.3 is 14.8 Å². The summed E-state index contributed by atoms with van der Waals surface area (Å²) in [5.74, 6) is 3.18. The SMILES string of the molecule is COc1c(-c2ccc(C#N)cc2)nn(CC2CC2)c1Nc1cc(-n2nc(C)c([C@H](C)OC)c2C)ncn1. The van der Waals surface area contributed by atoms with Crippen molar-refractivity contribution in [2.24, 2.45) is 5.92 Å². The minimum atomic E-state index is -0.0742. The highest BCUT2D eigenvalue weighted by atomic mass is 16.5. The molecule has 10 heteroatoms. The molecule has 0 aliphatic heterocycles. The molecule has 190 valence electrons. The van der Waals surface area contributed by atoms with Crippen LogP contribution in [0.2, 0.25) is 0 Å². The Hall–Kier alpha value is -4.23. The van der Waals surface area contributed by atoms with Crippen LogP contribution in [0, 0.1) is 31.1 Å². The third-order valence-electron chi connectivity index (χ3n) is 6.75. The normalized spacial score (nSPS) is 13.8. The van der Waals surface area contributed by atoms with E-state index in [0.717, 1.165) is 34.9 Å². The Morgan fingerprint density at radius 3 is 2.54 bits per heavy atom. The van der Waals surface area contributed by atoms with Crippen LogP contribution < -0.4 is 10.1 Å². The van der Waals surface area contributed by atoms with E-state index in [4.69, 9.17) is 24.9 Å². The highest BCUT2D eigenvalue weighted by molar-refractivity contribution is 5.76. The topological polar surface area (TPSA) is 116 Å². The molecule has 1 atom stereocenters. The van der Waals surface area contributed by atoms with Gasteiger partial charge in [-0.05, 0) is 51.7 Å². The average molecular weight is 499 g/mol. The predicted molar refractivity (Wildman–Crippen MR) is 139 cm³/mol. The van der Waals surface area contributed by atoms with Crippen LogP contribution in [0.1, 0.15) is 48.4 Å². The first-order valence-corrected chi connectivity index (χ1v) is 12.3. The molecule has 37 heavy (non-hydrogen) atoms. The molecule has 0 radical (unpaired) electrons. The maximum absolute atomic E-state index is 9.17. The van der Waals surface area contributed by atoms with E-state index in [0.29, 0.717) is 34.6 Å². The Labute approximate surface area is 215 Å². The number of aryl methyl sites for hydroxylation is 1. The summed E-state index contributed by atoms with van der Waals surface area (Å²) >= 11 is 0. The zero-order chi connectivity index (χ0) is 26.1. The lowest BCUT2D eigenvalue weighted by atomic mass is 10.1. The second-order valence-electron chi connectivity index (χ2n) is 9.31. The molecule has 0 bridgehead atoms. The van der Waals surface area contributed by atoms with Crippen LogP contribution in [0.3, 0.4) is 0 Å². The standard InChI is InChI=1S/C27H30N8O2/c1-16-24(18(3)36-4)17(2)35(32-16)23-12-22(29-15-30-23)31-27-26(37-5)25(33-34(27)14-20-6-7-20)21-10-8-19(13-28)9-11-21/h8-12,15,18,20H,6-7,14H2,1-5H3,(H,29,30,31)/t18-/m0/s1. The van der Waals surface area contributed by atoms with Gasteiger partial charge in [0.2, 0.25) is 0 Å². The molecular formula is C27H30N8O2. The summed E-state index contributed by atoms with van der Waals surface area (Å²) in [7, 11) is 3.33. The summed E-state index contributed by atoms with van der Waals surface area (Å²) < 4.78 is 15.2. The number of nitrogens with zero attached hydrogens (tertiary/aromatic N) is 7. The van der Waals surface area contributed by atoms with Crippen LogP contribution >= 0.6 is 0 Å². The number of nitrogens with one attached hydrogen (secondary N) is 1. The number of methoxy groups -OCH3 is 2. The zero-order valence-electron chi connectivity index (χ0n) is 21.7. The highest BCUT2D eigenvalue weighted by Crippen LogP contribution is 2.40. The average Bonchev–Trinajstić information content (AvgIpc) is 3.60. The molecule has 0 unspecified atom stereocenters. The van der Waals surface area contributed by atoms with Crippen LogP contribution in [0.25, 0.3) is 17.1 Å². The number of benzene rings is 1. The lowest BCUT2D eigenvalue weighted by Crippen LogP contribution is -2.09. The third-order valence-corrected chi connectivity index (χ3v) is 6.75. The molecule has 10 nitrogen and oxygen atoms in total. The molecule has 1 saturated carbocycles. The van der Waals surface area contributed by atoms with Crippen molar-refractivity contribution in [3.8, 4) is 28.9 Å². The minimum absolute atomic E-state index is 0.0742. The lowest BCUT2D eigenvalue weighted by Gasteiger charge is -2.12. The Bertz CT molecular complexity index is 1460. The van der Waals surface area contributed by atoms with Gasteiger partial charge in [-0.25, -0.2) is 19.3 Å². The van der Waals surface area contributed by atoms with Gasteiger partial charge in [-0.15, -0.1) is 0 Å². The van der Waals surface area contributed by atoms with E-state index in [1.165, 1.54) is 19.2 Å². The van der Waals surface area contributed by atoms with Crippen molar-refractivity contribution in [2.45, 2.75) is 46.3 Å². The molecular weight excluding hydrogens is 468 g/mol. The van der Waals surface area contributed by atoms with Crippen molar-refractivity contribution < 1.29 is 9.47 Å². The summed E-state index contributed by atoms with van der Waals surface area (Å²) in [4.78, 5) is 8.94. The predicted octanol–water partition coefficient (Wildman–Crippen LogP) is 4.88. The molecule has 0 saturated heterocycles. The number of hydrogen-bond acceptors (Lipinski definition) is 8. The van der Waals surface area contributed by atoms with Crippen LogP contribution in [0.15, 0.2) is 36.7 Å². The van der Waals surface area contributed by atoms with Crippen molar-refractivity contribution in [2.75, 3.05) is 19.5 Å². The van der Waals surface area contributed by atoms with E-state index < -0.39 is 0 Å². The van der Waals surface area contributed by atoms with Gasteiger partial charge in [0.1, 0.15) is 17.8 Å². The van der Waals surface area contributed by atoms with Crippen LogP contribution in [-0.4, -0.2) is 43.7 Å². The maximum atomic E-state index is 9.17. The molecule has 0 amide bonds. The molecule has 5 rings (SSSR count). The molecule has 3 heterocycles.